The highest BCUT2D eigenvalue weighted by Crippen LogP contribution is 2.25. The van der Waals surface area contributed by atoms with E-state index in [1.807, 2.05) is 30.3 Å². The second-order valence-electron chi connectivity index (χ2n) is 6.82. The van der Waals surface area contributed by atoms with E-state index in [1.165, 1.54) is 6.92 Å². The highest BCUT2D eigenvalue weighted by molar-refractivity contribution is 5.89. The number of aromatic amines is 1. The Morgan fingerprint density at radius 2 is 1.86 bits per heavy atom. The Hall–Kier alpha value is -3.32. The summed E-state index contributed by atoms with van der Waals surface area (Å²) in [5.41, 5.74) is 6.10. The van der Waals surface area contributed by atoms with E-state index in [4.69, 9.17) is 10.5 Å². The van der Waals surface area contributed by atoms with Gasteiger partial charge in [-0.05, 0) is 24.1 Å². The smallest absolute Gasteiger partial charge is 0.405 e. The Bertz CT molecular complexity index is 970. The average Bonchev–Trinajstić information content (AvgIpc) is 3.08. The van der Waals surface area contributed by atoms with Crippen molar-refractivity contribution < 1.29 is 19.4 Å². The van der Waals surface area contributed by atoms with E-state index in [-0.39, 0.29) is 13.0 Å². The molecule has 0 spiro atoms. The van der Waals surface area contributed by atoms with E-state index >= 15 is 0 Å². The predicted octanol–water partition coefficient (Wildman–Crippen LogP) is 2.41. The number of para-hydroxylation sites is 1. The molecule has 0 aliphatic rings. The second kappa shape index (κ2) is 8.14. The molecule has 1 heterocycles. The van der Waals surface area contributed by atoms with Crippen LogP contribution < -0.4 is 11.1 Å². The predicted molar refractivity (Wildman–Crippen MR) is 105 cm³/mol. The number of aromatic nitrogens is 1. The van der Waals surface area contributed by atoms with Gasteiger partial charge in [0.1, 0.15) is 0 Å². The van der Waals surface area contributed by atoms with Gasteiger partial charge in [-0.1, -0.05) is 48.5 Å². The van der Waals surface area contributed by atoms with Gasteiger partial charge in [0.25, 0.3) is 5.91 Å². The number of H-pyrrole nitrogens is 1. The minimum atomic E-state index is -1.52. The van der Waals surface area contributed by atoms with E-state index in [0.29, 0.717) is 5.56 Å². The number of benzene rings is 2. The minimum Gasteiger partial charge on any atom is -0.433 e. The van der Waals surface area contributed by atoms with Crippen molar-refractivity contribution in [3.63, 3.8) is 0 Å². The summed E-state index contributed by atoms with van der Waals surface area (Å²) in [6.45, 7) is 1.48. The maximum absolute atomic E-state index is 12.8. The van der Waals surface area contributed by atoms with Gasteiger partial charge in [0.2, 0.25) is 0 Å². The van der Waals surface area contributed by atoms with Crippen molar-refractivity contribution in [2.24, 2.45) is 5.73 Å². The lowest BCUT2D eigenvalue weighted by atomic mass is 9.94. The first-order valence-corrected chi connectivity index (χ1v) is 8.94. The third kappa shape index (κ3) is 4.32. The first-order valence-electron chi connectivity index (χ1n) is 8.94. The van der Waals surface area contributed by atoms with Crippen LogP contribution in [0.1, 0.15) is 24.2 Å². The molecule has 2 aromatic carbocycles. The lowest BCUT2D eigenvalue weighted by molar-refractivity contribution is -0.138. The van der Waals surface area contributed by atoms with Crippen molar-refractivity contribution in [3.8, 4) is 0 Å². The first kappa shape index (κ1) is 19.4. The largest absolute Gasteiger partial charge is 0.433 e. The van der Waals surface area contributed by atoms with Gasteiger partial charge < -0.3 is 25.9 Å². The molecule has 0 aliphatic heterocycles. The molecule has 5 N–H and O–H groups in total. The van der Waals surface area contributed by atoms with Crippen LogP contribution in [0.3, 0.4) is 0 Å². The molecule has 2 atom stereocenters. The van der Waals surface area contributed by atoms with Crippen molar-refractivity contribution in [1.82, 2.24) is 10.3 Å². The molecule has 0 radical (unpaired) electrons. The van der Waals surface area contributed by atoms with Crippen LogP contribution in [0.15, 0.2) is 60.8 Å². The molecular weight excluding hydrogens is 358 g/mol. The van der Waals surface area contributed by atoms with Crippen LogP contribution >= 0.6 is 0 Å². The van der Waals surface area contributed by atoms with E-state index < -0.39 is 23.7 Å². The Labute approximate surface area is 162 Å². The highest BCUT2D eigenvalue weighted by atomic mass is 16.6. The monoisotopic (exact) mass is 381 g/mol. The molecule has 1 aromatic heterocycles. The summed E-state index contributed by atoms with van der Waals surface area (Å²) >= 11 is 0. The summed E-state index contributed by atoms with van der Waals surface area (Å²) in [6.07, 6.45) is -0.00998. The number of aliphatic hydroxyl groups excluding tert-OH is 1. The molecule has 3 aromatic rings. The van der Waals surface area contributed by atoms with Gasteiger partial charge in [0, 0.05) is 30.1 Å². The summed E-state index contributed by atoms with van der Waals surface area (Å²) in [7, 11) is 0. The molecule has 2 amide bonds. The lowest BCUT2D eigenvalue weighted by Gasteiger charge is -2.28. The highest BCUT2D eigenvalue weighted by Gasteiger charge is 2.38. The number of ether oxygens (including phenoxy) is 1. The summed E-state index contributed by atoms with van der Waals surface area (Å²) < 4.78 is 5.19. The molecule has 2 unspecified atom stereocenters. The first-order chi connectivity index (χ1) is 13.4. The number of hydrogen-bond donors (Lipinski definition) is 4. The maximum atomic E-state index is 12.8. The number of primary amides is 1. The Balaban J connectivity index is 1.76. The molecule has 3 rings (SSSR count). The number of nitrogens with two attached hydrogens (primary N) is 1. The zero-order chi connectivity index (χ0) is 20.1. The standard InChI is InChI=1S/C21H23N3O4/c1-21(28-20(22)27,11-15-12-23-17-10-6-5-9-16(15)17)19(26)24-13-18(25)14-7-3-2-4-8-14/h2-10,12,18,23,25H,11,13H2,1H3,(H2,22,27)(H,24,26). The third-order valence-electron chi connectivity index (χ3n) is 4.65. The number of rotatable bonds is 7. The van der Waals surface area contributed by atoms with Crippen molar-refractivity contribution in [2.45, 2.75) is 25.0 Å². The molecule has 0 fully saturated rings. The van der Waals surface area contributed by atoms with E-state index in [2.05, 4.69) is 10.3 Å². The van der Waals surface area contributed by atoms with Gasteiger partial charge in [-0.15, -0.1) is 0 Å². The van der Waals surface area contributed by atoms with Gasteiger partial charge in [0.05, 0.1) is 6.10 Å². The number of amides is 2. The number of aliphatic hydroxyl groups is 1. The summed E-state index contributed by atoms with van der Waals surface area (Å²) in [4.78, 5) is 27.4. The molecule has 7 heteroatoms. The van der Waals surface area contributed by atoms with Gasteiger partial charge in [-0.3, -0.25) is 4.79 Å². The van der Waals surface area contributed by atoms with Gasteiger partial charge in [-0.2, -0.15) is 0 Å². The third-order valence-corrected chi connectivity index (χ3v) is 4.65. The Morgan fingerprint density at radius 3 is 2.57 bits per heavy atom. The number of hydrogen-bond acceptors (Lipinski definition) is 4. The Morgan fingerprint density at radius 1 is 1.18 bits per heavy atom. The number of carbonyl (C=O) groups is 2. The molecule has 28 heavy (non-hydrogen) atoms. The molecule has 146 valence electrons. The van der Waals surface area contributed by atoms with E-state index in [0.717, 1.165) is 16.5 Å². The molecule has 0 saturated carbocycles. The normalized spacial score (nSPS) is 14.2. The average molecular weight is 381 g/mol. The second-order valence-corrected chi connectivity index (χ2v) is 6.82. The van der Waals surface area contributed by atoms with Crippen LogP contribution in [0.4, 0.5) is 4.79 Å². The van der Waals surface area contributed by atoms with Crippen molar-refractivity contribution in [3.05, 3.63) is 71.9 Å². The molecule has 0 bridgehead atoms. The summed E-state index contributed by atoms with van der Waals surface area (Å²) in [5.74, 6) is -0.536. The van der Waals surface area contributed by atoms with Gasteiger partial charge >= 0.3 is 6.09 Å². The van der Waals surface area contributed by atoms with Gasteiger partial charge in [-0.25, -0.2) is 4.79 Å². The van der Waals surface area contributed by atoms with Crippen LogP contribution in [0.25, 0.3) is 10.9 Å². The zero-order valence-electron chi connectivity index (χ0n) is 15.5. The van der Waals surface area contributed by atoms with Gasteiger partial charge in [0.15, 0.2) is 5.60 Å². The fourth-order valence-corrected chi connectivity index (χ4v) is 3.20. The number of fused-ring (bicyclic) bond motifs is 1. The summed E-state index contributed by atoms with van der Waals surface area (Å²) in [6, 6.07) is 16.6. The van der Waals surface area contributed by atoms with Crippen LogP contribution in [0, 0.1) is 0 Å². The van der Waals surface area contributed by atoms with Crippen LogP contribution in [0.2, 0.25) is 0 Å². The lowest BCUT2D eigenvalue weighted by Crippen LogP contribution is -2.51. The molecule has 7 nitrogen and oxygen atoms in total. The topological polar surface area (TPSA) is 117 Å². The zero-order valence-corrected chi connectivity index (χ0v) is 15.5. The fraction of sp³-hybridized carbons (Fsp3) is 0.238. The quantitative estimate of drug-likeness (QED) is 0.503. The maximum Gasteiger partial charge on any atom is 0.405 e. The Kier molecular flexibility index (Phi) is 5.65. The number of nitrogens with one attached hydrogen (secondary N) is 2. The SMILES string of the molecule is CC(Cc1c[nH]c2ccccc12)(OC(N)=O)C(=O)NCC(O)c1ccccc1. The van der Waals surface area contributed by atoms with Crippen LogP contribution in [0.5, 0.6) is 0 Å². The summed E-state index contributed by atoms with van der Waals surface area (Å²) in [5, 5.41) is 13.8. The van der Waals surface area contributed by atoms with Crippen molar-refractivity contribution in [2.75, 3.05) is 6.54 Å². The van der Waals surface area contributed by atoms with Crippen molar-refractivity contribution in [1.29, 1.82) is 0 Å². The molecule has 0 saturated heterocycles. The van der Waals surface area contributed by atoms with E-state index in [9.17, 15) is 14.7 Å². The van der Waals surface area contributed by atoms with E-state index in [1.54, 1.807) is 30.5 Å². The van der Waals surface area contributed by atoms with Crippen LogP contribution in [-0.2, 0) is 16.0 Å². The molecular formula is C21H23N3O4. The minimum absolute atomic E-state index is 0.0194. The van der Waals surface area contributed by atoms with Crippen molar-refractivity contribution >= 4 is 22.9 Å². The van der Waals surface area contributed by atoms with Crippen LogP contribution in [-0.4, -0.2) is 34.2 Å². The molecule has 0 aliphatic carbocycles. The number of carbonyl (C=O) groups excluding carboxylic acids is 2. The fourth-order valence-electron chi connectivity index (χ4n) is 3.20.